The summed E-state index contributed by atoms with van der Waals surface area (Å²) in [6.45, 7) is 3.53. The van der Waals surface area contributed by atoms with Crippen molar-refractivity contribution in [2.24, 2.45) is 0 Å². The monoisotopic (exact) mass is 235 g/mol. The molecule has 1 saturated heterocycles. The summed E-state index contributed by atoms with van der Waals surface area (Å²) >= 11 is 6.54. The maximum atomic E-state index is 6.54. The Hall–Kier alpha value is -0.530. The van der Waals surface area contributed by atoms with Crippen LogP contribution in [0.3, 0.4) is 0 Å². The first-order valence-corrected chi connectivity index (χ1v) is 6.74. The van der Waals surface area contributed by atoms with Crippen molar-refractivity contribution in [1.29, 1.82) is 0 Å². The smallest absolute Gasteiger partial charge is 0.0485 e. The van der Waals surface area contributed by atoms with Gasteiger partial charge in [-0.05, 0) is 42.4 Å². The van der Waals surface area contributed by atoms with E-state index in [9.17, 15) is 0 Å². The number of fused-ring (bicyclic) bond motifs is 1. The molecule has 86 valence electrons. The number of benzene rings is 1. The van der Waals surface area contributed by atoms with Crippen LogP contribution in [0.2, 0.25) is 5.02 Å². The van der Waals surface area contributed by atoms with Crippen molar-refractivity contribution in [3.05, 3.63) is 33.8 Å². The standard InChI is InChI=1S/C14H18ClN/c15-14-12(10-16-8-9-16)7-6-11-4-2-1-3-5-13(11)14/h6-7H,1-5,8-10H2. The zero-order valence-electron chi connectivity index (χ0n) is 9.64. The number of hydrogen-bond donors (Lipinski definition) is 0. The molecule has 2 aliphatic rings. The van der Waals surface area contributed by atoms with Crippen LogP contribution >= 0.6 is 11.6 Å². The van der Waals surface area contributed by atoms with Crippen LogP contribution in [0.15, 0.2) is 12.1 Å². The molecule has 3 rings (SSSR count). The Morgan fingerprint density at radius 3 is 2.69 bits per heavy atom. The summed E-state index contributed by atoms with van der Waals surface area (Å²) in [5.41, 5.74) is 4.27. The number of aryl methyl sites for hydroxylation is 1. The SMILES string of the molecule is Clc1c(CN2CC2)ccc2c1CCCCC2. The highest BCUT2D eigenvalue weighted by Crippen LogP contribution is 2.31. The van der Waals surface area contributed by atoms with Crippen LogP contribution in [0.1, 0.15) is 36.0 Å². The van der Waals surface area contributed by atoms with Gasteiger partial charge in [-0.3, -0.25) is 4.90 Å². The first kappa shape index (κ1) is 10.6. The highest BCUT2D eigenvalue weighted by atomic mass is 35.5. The first-order chi connectivity index (χ1) is 7.84. The summed E-state index contributed by atoms with van der Waals surface area (Å²) in [4.78, 5) is 2.42. The Kier molecular flexibility index (Phi) is 2.91. The fourth-order valence-corrected chi connectivity index (χ4v) is 2.94. The van der Waals surface area contributed by atoms with E-state index in [2.05, 4.69) is 17.0 Å². The molecule has 1 aliphatic carbocycles. The molecule has 0 radical (unpaired) electrons. The predicted molar refractivity (Wildman–Crippen MR) is 68.0 cm³/mol. The van der Waals surface area contributed by atoms with Gasteiger partial charge in [0.05, 0.1) is 0 Å². The maximum absolute atomic E-state index is 6.54. The molecule has 0 N–H and O–H groups in total. The minimum absolute atomic E-state index is 1.05. The molecule has 16 heavy (non-hydrogen) atoms. The highest BCUT2D eigenvalue weighted by Gasteiger charge is 2.20. The number of hydrogen-bond acceptors (Lipinski definition) is 1. The van der Waals surface area contributed by atoms with Crippen molar-refractivity contribution in [2.45, 2.75) is 38.6 Å². The second-order valence-corrected chi connectivity index (χ2v) is 5.39. The summed E-state index contributed by atoms with van der Waals surface area (Å²) < 4.78 is 0. The van der Waals surface area contributed by atoms with E-state index in [0.29, 0.717) is 0 Å². The molecule has 1 aromatic rings. The zero-order chi connectivity index (χ0) is 11.0. The quantitative estimate of drug-likeness (QED) is 0.561. The van der Waals surface area contributed by atoms with Gasteiger partial charge < -0.3 is 0 Å². The van der Waals surface area contributed by atoms with Gasteiger partial charge in [-0.25, -0.2) is 0 Å². The van der Waals surface area contributed by atoms with Crippen LogP contribution in [-0.2, 0) is 19.4 Å². The van der Waals surface area contributed by atoms with Gasteiger partial charge in [-0.1, -0.05) is 30.2 Å². The van der Waals surface area contributed by atoms with Crippen molar-refractivity contribution >= 4 is 11.6 Å². The zero-order valence-corrected chi connectivity index (χ0v) is 10.4. The summed E-state index contributed by atoms with van der Waals surface area (Å²) in [7, 11) is 0. The Labute approximate surface area is 102 Å². The highest BCUT2D eigenvalue weighted by molar-refractivity contribution is 6.32. The summed E-state index contributed by atoms with van der Waals surface area (Å²) in [6.07, 6.45) is 6.39. The Morgan fingerprint density at radius 1 is 1.06 bits per heavy atom. The van der Waals surface area contributed by atoms with E-state index in [-0.39, 0.29) is 0 Å². The largest absolute Gasteiger partial charge is 0.296 e. The van der Waals surface area contributed by atoms with Gasteiger partial charge in [0.15, 0.2) is 0 Å². The van der Waals surface area contributed by atoms with E-state index in [4.69, 9.17) is 11.6 Å². The minimum Gasteiger partial charge on any atom is -0.296 e. The Morgan fingerprint density at radius 2 is 1.88 bits per heavy atom. The molecule has 1 heterocycles. The van der Waals surface area contributed by atoms with Gasteiger partial charge >= 0.3 is 0 Å². The van der Waals surface area contributed by atoms with Gasteiger partial charge in [0.25, 0.3) is 0 Å². The molecule has 1 nitrogen and oxygen atoms in total. The van der Waals surface area contributed by atoms with Crippen LogP contribution in [0.25, 0.3) is 0 Å². The van der Waals surface area contributed by atoms with Crippen molar-refractivity contribution in [3.8, 4) is 0 Å². The van der Waals surface area contributed by atoms with E-state index >= 15 is 0 Å². The van der Waals surface area contributed by atoms with Gasteiger partial charge in [0.1, 0.15) is 0 Å². The predicted octanol–water partition coefficient (Wildman–Crippen LogP) is 3.42. The second-order valence-electron chi connectivity index (χ2n) is 5.01. The van der Waals surface area contributed by atoms with E-state index < -0.39 is 0 Å². The molecular formula is C14H18ClN. The van der Waals surface area contributed by atoms with Crippen molar-refractivity contribution in [1.82, 2.24) is 4.90 Å². The third-order valence-corrected chi connectivity index (χ3v) is 4.20. The van der Waals surface area contributed by atoms with E-state index in [1.165, 1.54) is 61.9 Å². The molecule has 0 unspecified atom stereocenters. The van der Waals surface area contributed by atoms with Gasteiger partial charge in [-0.15, -0.1) is 0 Å². The Balaban J connectivity index is 1.92. The van der Waals surface area contributed by atoms with Crippen molar-refractivity contribution in [3.63, 3.8) is 0 Å². The van der Waals surface area contributed by atoms with Gasteiger partial charge in [0.2, 0.25) is 0 Å². The maximum Gasteiger partial charge on any atom is 0.0485 e. The molecule has 0 atom stereocenters. The van der Waals surface area contributed by atoms with Crippen LogP contribution in [0.5, 0.6) is 0 Å². The molecule has 1 aromatic carbocycles. The minimum atomic E-state index is 1.05. The van der Waals surface area contributed by atoms with Crippen LogP contribution in [0.4, 0.5) is 0 Å². The van der Waals surface area contributed by atoms with E-state index in [1.807, 2.05) is 0 Å². The molecular weight excluding hydrogens is 218 g/mol. The Bertz CT molecular complexity index is 396. The lowest BCUT2D eigenvalue weighted by Crippen LogP contribution is -2.01. The number of halogens is 1. The van der Waals surface area contributed by atoms with E-state index in [0.717, 1.165) is 11.6 Å². The van der Waals surface area contributed by atoms with E-state index in [1.54, 1.807) is 0 Å². The summed E-state index contributed by atoms with van der Waals surface area (Å²) in [6, 6.07) is 4.55. The van der Waals surface area contributed by atoms with Crippen molar-refractivity contribution in [2.75, 3.05) is 13.1 Å². The molecule has 0 amide bonds. The molecule has 0 aromatic heterocycles. The lowest BCUT2D eigenvalue weighted by atomic mass is 10.00. The average molecular weight is 236 g/mol. The number of nitrogens with zero attached hydrogens (tertiary/aromatic N) is 1. The third-order valence-electron chi connectivity index (χ3n) is 3.73. The number of rotatable bonds is 2. The second kappa shape index (κ2) is 4.38. The van der Waals surface area contributed by atoms with Crippen LogP contribution in [0, 0.1) is 0 Å². The van der Waals surface area contributed by atoms with Crippen LogP contribution in [-0.4, -0.2) is 18.0 Å². The fraction of sp³-hybridized carbons (Fsp3) is 0.571. The van der Waals surface area contributed by atoms with Gasteiger partial charge in [-0.2, -0.15) is 0 Å². The van der Waals surface area contributed by atoms with Crippen molar-refractivity contribution < 1.29 is 0 Å². The molecule has 1 aliphatic heterocycles. The topological polar surface area (TPSA) is 3.01 Å². The molecule has 2 heteroatoms. The molecule has 0 spiro atoms. The third kappa shape index (κ3) is 2.11. The lowest BCUT2D eigenvalue weighted by molar-refractivity contribution is 0.556. The molecule has 1 fully saturated rings. The fourth-order valence-electron chi connectivity index (χ4n) is 2.60. The normalized spacial score (nSPS) is 20.3. The summed E-state index contributed by atoms with van der Waals surface area (Å²) in [5.74, 6) is 0. The molecule has 0 saturated carbocycles. The lowest BCUT2D eigenvalue weighted by Gasteiger charge is -2.12. The average Bonchev–Trinajstić information content (AvgIpc) is 3.09. The molecule has 0 bridgehead atoms. The first-order valence-electron chi connectivity index (χ1n) is 6.36. The van der Waals surface area contributed by atoms with Gasteiger partial charge in [0, 0.05) is 24.7 Å². The van der Waals surface area contributed by atoms with Crippen LogP contribution < -0.4 is 0 Å². The summed E-state index contributed by atoms with van der Waals surface area (Å²) in [5, 5.41) is 1.06.